The average molecular weight is 486 g/mol. The maximum absolute atomic E-state index is 13.0. The molecule has 4 rings (SSSR count). The van der Waals surface area contributed by atoms with Gasteiger partial charge in [-0.25, -0.2) is 0 Å². The van der Waals surface area contributed by atoms with Gasteiger partial charge in [-0.2, -0.15) is 5.26 Å². The first-order chi connectivity index (χ1) is 17.6. The summed E-state index contributed by atoms with van der Waals surface area (Å²) in [7, 11) is 3.26. The lowest BCUT2D eigenvalue weighted by Gasteiger charge is -2.36. The molecule has 1 heterocycles. The van der Waals surface area contributed by atoms with Gasteiger partial charge in [0.25, 0.3) is 5.91 Å². The van der Waals surface area contributed by atoms with Crippen molar-refractivity contribution < 1.29 is 19.0 Å². The molecular weight excluding hydrogens is 454 g/mol. The predicted molar refractivity (Wildman–Crippen MR) is 137 cm³/mol. The number of piperazine rings is 1. The molecule has 1 aliphatic rings. The average Bonchev–Trinajstić information content (AvgIpc) is 2.95. The Morgan fingerprint density at radius 1 is 0.917 bits per heavy atom. The standard InChI is InChI=1S/C29H31N3O4/c1-34-26-7-3-5-24(17-26)28(36-21-23-11-9-22(19-30)10-12-23)20-31-13-15-32(16-14-31)29(33)25-6-4-8-27(18-25)35-2/h3-12,17-18,28H,13-16,20-21H2,1-2H3/t28-/m0/s1. The number of hydrogen-bond donors (Lipinski definition) is 0. The van der Waals surface area contributed by atoms with Gasteiger partial charge < -0.3 is 19.1 Å². The van der Waals surface area contributed by atoms with Crippen molar-refractivity contribution >= 4 is 5.91 Å². The molecule has 1 aliphatic heterocycles. The molecule has 0 unspecified atom stereocenters. The summed E-state index contributed by atoms with van der Waals surface area (Å²) < 4.78 is 17.1. The maximum atomic E-state index is 13.0. The lowest BCUT2D eigenvalue weighted by molar-refractivity contribution is 0.00333. The second kappa shape index (κ2) is 12.2. The molecule has 0 spiro atoms. The summed E-state index contributed by atoms with van der Waals surface area (Å²) in [6.45, 7) is 3.95. The summed E-state index contributed by atoms with van der Waals surface area (Å²) in [4.78, 5) is 17.2. The van der Waals surface area contributed by atoms with Gasteiger partial charge in [0.1, 0.15) is 11.5 Å². The molecule has 36 heavy (non-hydrogen) atoms. The predicted octanol–water partition coefficient (Wildman–Crippen LogP) is 4.29. The van der Waals surface area contributed by atoms with Crippen LogP contribution in [-0.4, -0.2) is 62.7 Å². The fourth-order valence-corrected chi connectivity index (χ4v) is 4.28. The first-order valence-electron chi connectivity index (χ1n) is 12.0. The second-order valence-corrected chi connectivity index (χ2v) is 8.71. The van der Waals surface area contributed by atoms with E-state index in [-0.39, 0.29) is 12.0 Å². The molecule has 0 saturated carbocycles. The lowest BCUT2D eigenvalue weighted by atomic mass is 10.1. The van der Waals surface area contributed by atoms with Crippen LogP contribution in [0, 0.1) is 11.3 Å². The molecule has 1 atom stereocenters. The fraction of sp³-hybridized carbons (Fsp3) is 0.310. The largest absolute Gasteiger partial charge is 0.497 e. The van der Waals surface area contributed by atoms with Crippen LogP contribution in [0.3, 0.4) is 0 Å². The maximum Gasteiger partial charge on any atom is 0.254 e. The third kappa shape index (κ3) is 6.42. The third-order valence-electron chi connectivity index (χ3n) is 6.40. The number of ether oxygens (including phenoxy) is 3. The molecule has 3 aromatic carbocycles. The van der Waals surface area contributed by atoms with E-state index in [9.17, 15) is 4.79 Å². The van der Waals surface area contributed by atoms with Crippen molar-refractivity contribution in [3.8, 4) is 17.6 Å². The van der Waals surface area contributed by atoms with Crippen molar-refractivity contribution in [3.63, 3.8) is 0 Å². The van der Waals surface area contributed by atoms with Crippen LogP contribution in [0.1, 0.15) is 33.2 Å². The number of rotatable bonds is 9. The van der Waals surface area contributed by atoms with Gasteiger partial charge in [-0.3, -0.25) is 9.69 Å². The van der Waals surface area contributed by atoms with Crippen LogP contribution in [-0.2, 0) is 11.3 Å². The number of amides is 1. The van der Waals surface area contributed by atoms with Gasteiger partial charge in [0, 0.05) is 38.3 Å². The highest BCUT2D eigenvalue weighted by Gasteiger charge is 2.25. The molecular formula is C29H31N3O4. The fourth-order valence-electron chi connectivity index (χ4n) is 4.28. The summed E-state index contributed by atoms with van der Waals surface area (Å²) >= 11 is 0. The van der Waals surface area contributed by atoms with E-state index in [4.69, 9.17) is 19.5 Å². The van der Waals surface area contributed by atoms with Crippen molar-refractivity contribution in [3.05, 3.63) is 95.1 Å². The minimum absolute atomic E-state index is 0.0231. The highest BCUT2D eigenvalue weighted by Crippen LogP contribution is 2.25. The second-order valence-electron chi connectivity index (χ2n) is 8.71. The van der Waals surface area contributed by atoms with E-state index < -0.39 is 0 Å². The van der Waals surface area contributed by atoms with E-state index in [1.54, 1.807) is 32.4 Å². The van der Waals surface area contributed by atoms with E-state index in [1.165, 1.54) is 0 Å². The summed E-state index contributed by atoms with van der Waals surface area (Å²) in [6.07, 6.45) is -0.170. The van der Waals surface area contributed by atoms with E-state index >= 15 is 0 Å². The SMILES string of the molecule is COc1cccc(C(=O)N2CCN(C[C@H](OCc3ccc(C#N)cc3)c3cccc(OC)c3)CC2)c1. The number of nitrogens with zero attached hydrogens (tertiary/aromatic N) is 3. The van der Waals surface area contributed by atoms with E-state index in [1.807, 2.05) is 53.4 Å². The van der Waals surface area contributed by atoms with Gasteiger partial charge in [0.05, 0.1) is 38.6 Å². The molecule has 7 nitrogen and oxygen atoms in total. The number of benzene rings is 3. The van der Waals surface area contributed by atoms with Gasteiger partial charge in [-0.1, -0.05) is 30.3 Å². The molecule has 0 aliphatic carbocycles. The van der Waals surface area contributed by atoms with Crippen LogP contribution < -0.4 is 9.47 Å². The minimum atomic E-state index is -0.170. The number of carbonyl (C=O) groups is 1. The topological polar surface area (TPSA) is 75.0 Å². The zero-order valence-electron chi connectivity index (χ0n) is 20.7. The Labute approximate surface area is 212 Å². The van der Waals surface area contributed by atoms with Crippen LogP contribution in [0.15, 0.2) is 72.8 Å². The molecule has 0 radical (unpaired) electrons. The minimum Gasteiger partial charge on any atom is -0.497 e. The van der Waals surface area contributed by atoms with Gasteiger partial charge >= 0.3 is 0 Å². The van der Waals surface area contributed by atoms with Gasteiger partial charge in [0.2, 0.25) is 0 Å². The molecule has 3 aromatic rings. The number of hydrogen-bond acceptors (Lipinski definition) is 6. The van der Waals surface area contributed by atoms with Gasteiger partial charge in [0.15, 0.2) is 0 Å². The quantitative estimate of drug-likeness (QED) is 0.450. The van der Waals surface area contributed by atoms with E-state index in [2.05, 4.69) is 17.0 Å². The summed E-state index contributed by atoms with van der Waals surface area (Å²) in [5, 5.41) is 9.04. The van der Waals surface area contributed by atoms with Crippen LogP contribution in [0.4, 0.5) is 0 Å². The molecule has 7 heteroatoms. The Balaban J connectivity index is 1.40. The van der Waals surface area contributed by atoms with Crippen molar-refractivity contribution in [2.75, 3.05) is 46.9 Å². The third-order valence-corrected chi connectivity index (χ3v) is 6.40. The first-order valence-corrected chi connectivity index (χ1v) is 12.0. The Hall–Kier alpha value is -3.86. The van der Waals surface area contributed by atoms with E-state index in [0.29, 0.717) is 43.1 Å². The van der Waals surface area contributed by atoms with Crippen LogP contribution in [0.25, 0.3) is 0 Å². The van der Waals surface area contributed by atoms with Crippen molar-refractivity contribution in [1.29, 1.82) is 5.26 Å². The lowest BCUT2D eigenvalue weighted by Crippen LogP contribution is -2.49. The molecule has 1 saturated heterocycles. The molecule has 186 valence electrons. The summed E-state index contributed by atoms with van der Waals surface area (Å²) in [5.74, 6) is 1.49. The number of nitriles is 1. The Bertz CT molecular complexity index is 1200. The van der Waals surface area contributed by atoms with Gasteiger partial charge in [-0.05, 0) is 53.6 Å². The zero-order chi connectivity index (χ0) is 25.3. The van der Waals surface area contributed by atoms with E-state index in [0.717, 1.165) is 30.0 Å². The Morgan fingerprint density at radius 3 is 2.25 bits per heavy atom. The zero-order valence-corrected chi connectivity index (χ0v) is 20.7. The molecule has 0 bridgehead atoms. The smallest absolute Gasteiger partial charge is 0.254 e. The van der Waals surface area contributed by atoms with Crippen molar-refractivity contribution in [2.45, 2.75) is 12.7 Å². The molecule has 1 fully saturated rings. The number of carbonyl (C=O) groups excluding carboxylic acids is 1. The molecule has 1 amide bonds. The first kappa shape index (κ1) is 25.2. The van der Waals surface area contributed by atoms with Crippen LogP contribution >= 0.6 is 0 Å². The van der Waals surface area contributed by atoms with Crippen LogP contribution in [0.5, 0.6) is 11.5 Å². The highest BCUT2D eigenvalue weighted by molar-refractivity contribution is 5.94. The summed E-state index contributed by atoms with van der Waals surface area (Å²) in [5.41, 5.74) is 3.32. The summed E-state index contributed by atoms with van der Waals surface area (Å²) in [6, 6.07) is 24.8. The molecule has 0 N–H and O–H groups in total. The normalized spacial score (nSPS) is 14.6. The monoisotopic (exact) mass is 485 g/mol. The van der Waals surface area contributed by atoms with Crippen LogP contribution in [0.2, 0.25) is 0 Å². The van der Waals surface area contributed by atoms with Crippen molar-refractivity contribution in [2.24, 2.45) is 0 Å². The van der Waals surface area contributed by atoms with Crippen molar-refractivity contribution in [1.82, 2.24) is 9.80 Å². The Kier molecular flexibility index (Phi) is 8.56. The van der Waals surface area contributed by atoms with Gasteiger partial charge in [-0.15, -0.1) is 0 Å². The highest BCUT2D eigenvalue weighted by atomic mass is 16.5. The Morgan fingerprint density at radius 2 is 1.58 bits per heavy atom. The molecule has 0 aromatic heterocycles. The number of methoxy groups -OCH3 is 2.